The normalized spacial score (nSPS) is 17.7. The minimum atomic E-state index is -0.912. The van der Waals surface area contributed by atoms with E-state index < -0.39 is 17.3 Å². The van der Waals surface area contributed by atoms with Crippen molar-refractivity contribution in [3.8, 4) is 0 Å². The van der Waals surface area contributed by atoms with Gasteiger partial charge in [-0.05, 0) is 24.4 Å². The van der Waals surface area contributed by atoms with Gasteiger partial charge in [0.1, 0.15) is 6.04 Å². The number of likely N-dealkylation sites (tertiary alicyclic amines) is 1. The number of carbonyl (C=O) groups is 3. The van der Waals surface area contributed by atoms with Gasteiger partial charge >= 0.3 is 5.37 Å². The van der Waals surface area contributed by atoms with E-state index in [2.05, 4.69) is 0 Å². The van der Waals surface area contributed by atoms with Crippen molar-refractivity contribution in [1.29, 1.82) is 0 Å². The summed E-state index contributed by atoms with van der Waals surface area (Å²) in [5.41, 5.74) is 0. The predicted molar refractivity (Wildman–Crippen MR) is 54.4 cm³/mol. The Morgan fingerprint density at radius 1 is 1.60 bits per heavy atom. The molecule has 0 aromatic rings. The van der Waals surface area contributed by atoms with Crippen molar-refractivity contribution in [3.05, 3.63) is 0 Å². The number of halogens is 1. The number of hydrogen-bond acceptors (Lipinski definition) is 3. The monoisotopic (exact) mass is 232 g/mol. The molecular weight excluding hydrogens is 220 g/mol. The first-order chi connectivity index (χ1) is 7.06. The highest BCUT2D eigenvalue weighted by Crippen LogP contribution is 2.15. The van der Waals surface area contributed by atoms with Gasteiger partial charge in [0.2, 0.25) is 11.8 Å². The Kier molecular flexibility index (Phi) is 4.08. The fourth-order valence-electron chi connectivity index (χ4n) is 1.73. The summed E-state index contributed by atoms with van der Waals surface area (Å²) >= 11 is 5.04. The number of nitrogens with one attached hydrogen (secondary N) is 1. The first-order valence-corrected chi connectivity index (χ1v) is 5.23. The van der Waals surface area contributed by atoms with Gasteiger partial charge in [-0.2, -0.15) is 0 Å². The lowest BCUT2D eigenvalue weighted by molar-refractivity contribution is -0.137. The smallest absolute Gasteiger partial charge is 0.320 e. The zero-order valence-corrected chi connectivity index (χ0v) is 9.21. The lowest BCUT2D eigenvalue weighted by atomic mass is 10.2. The van der Waals surface area contributed by atoms with E-state index >= 15 is 0 Å². The number of nitrogens with zero attached hydrogens (tertiary/aromatic N) is 1. The van der Waals surface area contributed by atoms with E-state index in [1.165, 1.54) is 4.90 Å². The van der Waals surface area contributed by atoms with Gasteiger partial charge in [-0.1, -0.05) is 6.92 Å². The largest absolute Gasteiger partial charge is 0.331 e. The molecule has 0 saturated carbocycles. The summed E-state index contributed by atoms with van der Waals surface area (Å²) in [5.74, 6) is -0.549. The summed E-state index contributed by atoms with van der Waals surface area (Å²) in [4.78, 5) is 34.9. The molecule has 1 N–H and O–H groups in total. The highest BCUT2D eigenvalue weighted by molar-refractivity contribution is 6.64. The summed E-state index contributed by atoms with van der Waals surface area (Å²) in [6.45, 7) is 2.36. The molecule has 0 unspecified atom stereocenters. The topological polar surface area (TPSA) is 66.5 Å². The van der Waals surface area contributed by atoms with Crippen LogP contribution in [0, 0.1) is 0 Å². The zero-order valence-electron chi connectivity index (χ0n) is 8.46. The van der Waals surface area contributed by atoms with Crippen LogP contribution < -0.4 is 5.32 Å². The van der Waals surface area contributed by atoms with Crippen molar-refractivity contribution in [3.63, 3.8) is 0 Å². The van der Waals surface area contributed by atoms with Gasteiger partial charge in [-0.15, -0.1) is 0 Å². The van der Waals surface area contributed by atoms with Gasteiger partial charge in [-0.25, -0.2) is 0 Å². The molecule has 3 amide bonds. The molecule has 0 aromatic heterocycles. The molecule has 1 aliphatic heterocycles. The maximum atomic E-state index is 11.5. The Balaban J connectivity index is 2.65. The maximum Gasteiger partial charge on any atom is 0.320 e. The molecule has 1 atom stereocenters. The third-order valence-corrected chi connectivity index (χ3v) is 2.49. The molecule has 5 nitrogen and oxygen atoms in total. The third-order valence-electron chi connectivity index (χ3n) is 2.40. The Morgan fingerprint density at radius 2 is 2.27 bits per heavy atom. The molecule has 0 aliphatic carbocycles. The molecule has 0 aromatic carbocycles. The third kappa shape index (κ3) is 2.92. The molecule has 1 aliphatic rings. The number of imide groups is 1. The van der Waals surface area contributed by atoms with Gasteiger partial charge < -0.3 is 4.90 Å². The highest BCUT2D eigenvalue weighted by Gasteiger charge is 2.31. The first kappa shape index (κ1) is 12.0. The van der Waals surface area contributed by atoms with E-state index in [4.69, 9.17) is 11.6 Å². The van der Waals surface area contributed by atoms with Crippen LogP contribution in [0.3, 0.4) is 0 Å². The molecule has 1 rings (SSSR count). The highest BCUT2D eigenvalue weighted by atomic mass is 35.5. The van der Waals surface area contributed by atoms with Crippen LogP contribution in [0.2, 0.25) is 0 Å². The van der Waals surface area contributed by atoms with Crippen molar-refractivity contribution >= 4 is 28.8 Å². The zero-order chi connectivity index (χ0) is 11.4. The molecule has 1 saturated heterocycles. The van der Waals surface area contributed by atoms with Gasteiger partial charge in [0, 0.05) is 13.0 Å². The first-order valence-electron chi connectivity index (χ1n) is 4.86. The molecule has 0 spiro atoms. The van der Waals surface area contributed by atoms with E-state index in [0.717, 1.165) is 6.42 Å². The number of hydrogen-bond donors (Lipinski definition) is 1. The molecule has 1 heterocycles. The molecular formula is C9H13ClN2O3. The number of carbonyl (C=O) groups excluding carboxylic acids is 3. The van der Waals surface area contributed by atoms with Crippen molar-refractivity contribution < 1.29 is 14.4 Å². The molecule has 6 heteroatoms. The predicted octanol–water partition coefficient (Wildman–Crippen LogP) is 0.862. The van der Waals surface area contributed by atoms with Gasteiger partial charge in [0.05, 0.1) is 0 Å². The lowest BCUT2D eigenvalue weighted by Gasteiger charge is -2.24. The van der Waals surface area contributed by atoms with E-state index in [1.54, 1.807) is 6.92 Å². The second-order valence-electron chi connectivity index (χ2n) is 3.38. The van der Waals surface area contributed by atoms with E-state index in [-0.39, 0.29) is 5.91 Å². The number of amides is 3. The van der Waals surface area contributed by atoms with E-state index in [0.29, 0.717) is 19.4 Å². The van der Waals surface area contributed by atoms with Gasteiger partial charge in [0.15, 0.2) is 0 Å². The summed E-state index contributed by atoms with van der Waals surface area (Å²) < 4.78 is 0. The molecule has 1 fully saturated rings. The lowest BCUT2D eigenvalue weighted by Crippen LogP contribution is -2.47. The van der Waals surface area contributed by atoms with Crippen LogP contribution in [-0.2, 0) is 9.59 Å². The standard InChI is InChI=1S/C9H13ClN2O3/c1-2-6(8(14)11-9(10)15)12-5-3-4-7(12)13/h6H,2-5H2,1H3,(H,11,14,15)/t6-/m0/s1. The van der Waals surface area contributed by atoms with Crippen LogP contribution in [0.1, 0.15) is 26.2 Å². The van der Waals surface area contributed by atoms with Gasteiger partial charge in [0.25, 0.3) is 0 Å². The molecule has 0 bridgehead atoms. The van der Waals surface area contributed by atoms with Crippen molar-refractivity contribution in [2.24, 2.45) is 0 Å². The van der Waals surface area contributed by atoms with Crippen LogP contribution in [0.15, 0.2) is 0 Å². The van der Waals surface area contributed by atoms with Crippen molar-refractivity contribution in [2.75, 3.05) is 6.54 Å². The minimum Gasteiger partial charge on any atom is -0.331 e. The average Bonchev–Trinajstić information content (AvgIpc) is 2.52. The second-order valence-corrected chi connectivity index (χ2v) is 3.72. The Bertz CT molecular complexity index is 293. The quantitative estimate of drug-likeness (QED) is 0.580. The summed E-state index contributed by atoms with van der Waals surface area (Å²) in [6, 6.07) is -0.581. The summed E-state index contributed by atoms with van der Waals surface area (Å²) in [5, 5.41) is 1.07. The Morgan fingerprint density at radius 3 is 2.67 bits per heavy atom. The SMILES string of the molecule is CC[C@@H](C(=O)NC(=O)Cl)N1CCCC1=O. The van der Waals surface area contributed by atoms with E-state index in [1.807, 2.05) is 5.32 Å². The van der Waals surface area contributed by atoms with Gasteiger partial charge in [-0.3, -0.25) is 19.7 Å². The maximum absolute atomic E-state index is 11.5. The second kappa shape index (κ2) is 5.11. The fraction of sp³-hybridized carbons (Fsp3) is 0.667. The van der Waals surface area contributed by atoms with Crippen molar-refractivity contribution in [2.45, 2.75) is 32.2 Å². The Hall–Kier alpha value is -1.10. The summed E-state index contributed by atoms with van der Waals surface area (Å²) in [6.07, 6.45) is 1.71. The van der Waals surface area contributed by atoms with Crippen LogP contribution in [0.5, 0.6) is 0 Å². The van der Waals surface area contributed by atoms with Crippen LogP contribution >= 0.6 is 11.6 Å². The molecule has 84 valence electrons. The Labute approximate surface area is 92.8 Å². The summed E-state index contributed by atoms with van der Waals surface area (Å²) in [7, 11) is 0. The van der Waals surface area contributed by atoms with E-state index in [9.17, 15) is 14.4 Å². The van der Waals surface area contributed by atoms with Crippen LogP contribution in [-0.4, -0.2) is 34.7 Å². The fourth-order valence-corrected chi connectivity index (χ4v) is 1.82. The molecule has 0 radical (unpaired) electrons. The van der Waals surface area contributed by atoms with Crippen molar-refractivity contribution in [1.82, 2.24) is 10.2 Å². The molecule has 15 heavy (non-hydrogen) atoms. The van der Waals surface area contributed by atoms with Crippen LogP contribution in [0.25, 0.3) is 0 Å². The average molecular weight is 233 g/mol. The number of rotatable bonds is 3. The minimum absolute atomic E-state index is 0.0426. The van der Waals surface area contributed by atoms with Crippen LogP contribution in [0.4, 0.5) is 4.79 Å².